The van der Waals surface area contributed by atoms with Crippen molar-refractivity contribution in [2.24, 2.45) is 0 Å². The third-order valence-electron chi connectivity index (χ3n) is 3.94. The van der Waals surface area contributed by atoms with E-state index in [9.17, 15) is 9.59 Å². The van der Waals surface area contributed by atoms with Crippen LogP contribution in [0, 0.1) is 0 Å². The minimum atomic E-state index is -0.940. The second-order valence-corrected chi connectivity index (χ2v) is 7.36. The Morgan fingerprint density at radius 2 is 2.00 bits per heavy atom. The number of aliphatic carboxylic acids is 1. The molecule has 25 heavy (non-hydrogen) atoms. The molecular weight excluding hydrogens is 360 g/mol. The van der Waals surface area contributed by atoms with Crippen molar-refractivity contribution in [1.82, 2.24) is 9.55 Å². The maximum absolute atomic E-state index is 13.1. The number of carboxylic acid groups (broad SMARTS) is 1. The highest BCUT2D eigenvalue weighted by molar-refractivity contribution is 7.17. The van der Waals surface area contributed by atoms with E-state index < -0.39 is 5.97 Å². The van der Waals surface area contributed by atoms with Gasteiger partial charge >= 0.3 is 5.97 Å². The molecule has 0 amide bonds. The molecular formula is C18H17ClN2O3S. The van der Waals surface area contributed by atoms with Crippen LogP contribution in [0.3, 0.4) is 0 Å². The van der Waals surface area contributed by atoms with E-state index in [0.717, 1.165) is 11.1 Å². The summed E-state index contributed by atoms with van der Waals surface area (Å²) >= 11 is 7.36. The molecule has 0 unspecified atom stereocenters. The van der Waals surface area contributed by atoms with Crippen LogP contribution in [0.4, 0.5) is 0 Å². The Hall–Kier alpha value is -2.18. The maximum atomic E-state index is 13.1. The van der Waals surface area contributed by atoms with Gasteiger partial charge in [-0.2, -0.15) is 0 Å². The molecule has 1 N–H and O–H groups in total. The minimum absolute atomic E-state index is 0.0203. The lowest BCUT2D eigenvalue weighted by molar-refractivity contribution is -0.137. The Labute approximate surface area is 153 Å². The van der Waals surface area contributed by atoms with Gasteiger partial charge < -0.3 is 5.11 Å². The zero-order valence-corrected chi connectivity index (χ0v) is 15.4. The second kappa shape index (κ2) is 6.98. The molecule has 2 aromatic heterocycles. The second-order valence-electron chi connectivity index (χ2n) is 6.06. The lowest BCUT2D eigenvalue weighted by Crippen LogP contribution is -2.27. The average Bonchev–Trinajstić information content (AvgIpc) is 2.98. The standard InChI is InChI=1S/C18H17ClN2O3S/c1-10(2)16-20-17-15(18(24)21(16)8-7-14(22)23)13(9-25-17)11-3-5-12(19)6-4-11/h3-6,9-10H,7-8H2,1-2H3,(H,22,23). The molecule has 0 saturated heterocycles. The number of hydrogen-bond donors (Lipinski definition) is 1. The minimum Gasteiger partial charge on any atom is -0.481 e. The van der Waals surface area contributed by atoms with Gasteiger partial charge in [0.25, 0.3) is 5.56 Å². The van der Waals surface area contributed by atoms with Gasteiger partial charge in [0.15, 0.2) is 0 Å². The Bertz CT molecular complexity index is 990. The van der Waals surface area contributed by atoms with Gasteiger partial charge in [0.1, 0.15) is 10.7 Å². The average molecular weight is 377 g/mol. The van der Waals surface area contributed by atoms with Gasteiger partial charge in [0.2, 0.25) is 0 Å². The number of halogens is 1. The number of rotatable bonds is 5. The Morgan fingerprint density at radius 3 is 2.60 bits per heavy atom. The first-order valence-electron chi connectivity index (χ1n) is 7.88. The number of aromatic nitrogens is 2. The van der Waals surface area contributed by atoms with Crippen molar-refractivity contribution in [1.29, 1.82) is 0 Å². The number of carboxylic acids is 1. The molecule has 0 atom stereocenters. The van der Waals surface area contributed by atoms with Crippen molar-refractivity contribution in [3.63, 3.8) is 0 Å². The lowest BCUT2D eigenvalue weighted by atomic mass is 10.1. The zero-order chi connectivity index (χ0) is 18.1. The number of fused-ring (bicyclic) bond motifs is 1. The molecule has 7 heteroatoms. The topological polar surface area (TPSA) is 72.2 Å². The number of benzene rings is 1. The SMILES string of the molecule is CC(C)c1nc2scc(-c3ccc(Cl)cc3)c2c(=O)n1CCC(=O)O. The van der Waals surface area contributed by atoms with Crippen molar-refractivity contribution in [2.45, 2.75) is 32.7 Å². The molecule has 2 heterocycles. The third kappa shape index (κ3) is 3.45. The fourth-order valence-corrected chi connectivity index (χ4v) is 3.82. The molecule has 3 rings (SSSR count). The fraction of sp³-hybridized carbons (Fsp3) is 0.278. The summed E-state index contributed by atoms with van der Waals surface area (Å²) < 4.78 is 1.49. The summed E-state index contributed by atoms with van der Waals surface area (Å²) in [4.78, 5) is 29.4. The van der Waals surface area contributed by atoms with Crippen molar-refractivity contribution in [3.05, 3.63) is 50.8 Å². The number of nitrogens with zero attached hydrogens (tertiary/aromatic N) is 2. The summed E-state index contributed by atoms with van der Waals surface area (Å²) in [6.45, 7) is 4.00. The van der Waals surface area contributed by atoms with E-state index >= 15 is 0 Å². The molecule has 0 bridgehead atoms. The van der Waals surface area contributed by atoms with E-state index in [-0.39, 0.29) is 24.4 Å². The highest BCUT2D eigenvalue weighted by atomic mass is 35.5. The zero-order valence-electron chi connectivity index (χ0n) is 13.8. The first-order chi connectivity index (χ1) is 11.9. The van der Waals surface area contributed by atoms with Gasteiger partial charge in [0, 0.05) is 28.4 Å². The van der Waals surface area contributed by atoms with E-state index in [4.69, 9.17) is 16.7 Å². The Morgan fingerprint density at radius 1 is 1.32 bits per heavy atom. The molecule has 0 aliphatic rings. The highest BCUT2D eigenvalue weighted by Gasteiger charge is 2.19. The van der Waals surface area contributed by atoms with Crippen LogP contribution in [0.2, 0.25) is 5.02 Å². The fourth-order valence-electron chi connectivity index (χ4n) is 2.75. The molecule has 0 spiro atoms. The Kier molecular flexibility index (Phi) is 4.92. The van der Waals surface area contributed by atoms with Gasteiger partial charge in [-0.3, -0.25) is 14.2 Å². The number of thiophene rings is 1. The summed E-state index contributed by atoms with van der Waals surface area (Å²) in [5.74, 6) is -0.305. The summed E-state index contributed by atoms with van der Waals surface area (Å²) in [6, 6.07) is 7.28. The number of hydrogen-bond acceptors (Lipinski definition) is 4. The quantitative estimate of drug-likeness (QED) is 0.717. The van der Waals surface area contributed by atoms with Crippen molar-refractivity contribution < 1.29 is 9.90 Å². The molecule has 0 aliphatic heterocycles. The Balaban J connectivity index is 2.23. The molecule has 0 aliphatic carbocycles. The van der Waals surface area contributed by atoms with Gasteiger partial charge in [-0.25, -0.2) is 4.98 Å². The number of carbonyl (C=O) groups is 1. The van der Waals surface area contributed by atoms with Crippen LogP contribution in [0.5, 0.6) is 0 Å². The first kappa shape index (κ1) is 17.6. The molecule has 3 aromatic rings. The van der Waals surface area contributed by atoms with E-state index in [1.165, 1.54) is 15.9 Å². The monoisotopic (exact) mass is 376 g/mol. The van der Waals surface area contributed by atoms with Gasteiger partial charge in [0.05, 0.1) is 11.8 Å². The van der Waals surface area contributed by atoms with Crippen LogP contribution >= 0.6 is 22.9 Å². The summed E-state index contributed by atoms with van der Waals surface area (Å²) in [5, 5.41) is 12.0. The van der Waals surface area contributed by atoms with Gasteiger partial charge in [-0.15, -0.1) is 11.3 Å². The van der Waals surface area contributed by atoms with Crippen LogP contribution in [-0.4, -0.2) is 20.6 Å². The largest absolute Gasteiger partial charge is 0.481 e. The lowest BCUT2D eigenvalue weighted by Gasteiger charge is -2.14. The molecule has 1 aromatic carbocycles. The molecule has 5 nitrogen and oxygen atoms in total. The summed E-state index contributed by atoms with van der Waals surface area (Å²) in [5.41, 5.74) is 1.49. The molecule has 130 valence electrons. The van der Waals surface area contributed by atoms with Crippen LogP contribution in [0.15, 0.2) is 34.4 Å². The third-order valence-corrected chi connectivity index (χ3v) is 5.07. The van der Waals surface area contributed by atoms with Crippen molar-refractivity contribution >= 4 is 39.1 Å². The highest BCUT2D eigenvalue weighted by Crippen LogP contribution is 2.32. The summed E-state index contributed by atoms with van der Waals surface area (Å²) in [6.07, 6.45) is -0.118. The van der Waals surface area contributed by atoms with Crippen LogP contribution in [-0.2, 0) is 11.3 Å². The smallest absolute Gasteiger partial charge is 0.305 e. The maximum Gasteiger partial charge on any atom is 0.305 e. The first-order valence-corrected chi connectivity index (χ1v) is 9.14. The van der Waals surface area contributed by atoms with E-state index in [1.807, 2.05) is 31.4 Å². The van der Waals surface area contributed by atoms with Crippen LogP contribution < -0.4 is 5.56 Å². The summed E-state index contributed by atoms with van der Waals surface area (Å²) in [7, 11) is 0. The van der Waals surface area contributed by atoms with Crippen molar-refractivity contribution in [2.75, 3.05) is 0 Å². The van der Waals surface area contributed by atoms with E-state index in [1.54, 1.807) is 12.1 Å². The normalized spacial score (nSPS) is 11.4. The molecule has 0 radical (unpaired) electrons. The molecule has 0 fully saturated rings. The predicted octanol–water partition coefficient (Wildman–Crippen LogP) is 4.38. The van der Waals surface area contributed by atoms with Gasteiger partial charge in [-0.05, 0) is 17.7 Å². The van der Waals surface area contributed by atoms with E-state index in [0.29, 0.717) is 21.1 Å². The van der Waals surface area contributed by atoms with Crippen LogP contribution in [0.1, 0.15) is 32.0 Å². The van der Waals surface area contributed by atoms with Crippen molar-refractivity contribution in [3.8, 4) is 11.1 Å². The van der Waals surface area contributed by atoms with Crippen LogP contribution in [0.25, 0.3) is 21.3 Å². The molecule has 0 saturated carbocycles. The van der Waals surface area contributed by atoms with Gasteiger partial charge in [-0.1, -0.05) is 37.6 Å². The predicted molar refractivity (Wildman–Crippen MR) is 101 cm³/mol. The van der Waals surface area contributed by atoms with E-state index in [2.05, 4.69) is 4.98 Å².